The van der Waals surface area contributed by atoms with E-state index >= 15 is 0 Å². The second kappa shape index (κ2) is 8.66. The van der Waals surface area contributed by atoms with E-state index in [1.807, 2.05) is 0 Å². The van der Waals surface area contributed by atoms with Gasteiger partial charge in [-0.2, -0.15) is 4.31 Å². The molecular formula is C17H18ClFN2O4S2. The molecule has 6 nitrogen and oxygen atoms in total. The number of thiophene rings is 1. The van der Waals surface area contributed by atoms with Crippen LogP contribution in [0.2, 0.25) is 5.02 Å². The number of rotatable bonds is 6. The molecule has 1 aromatic carbocycles. The van der Waals surface area contributed by atoms with Crippen molar-refractivity contribution in [3.05, 3.63) is 51.6 Å². The van der Waals surface area contributed by atoms with Gasteiger partial charge in [0.05, 0.1) is 26.2 Å². The predicted molar refractivity (Wildman–Crippen MR) is 101 cm³/mol. The number of carbonyl (C=O) groups excluding carboxylic acids is 1. The van der Waals surface area contributed by atoms with E-state index in [0.717, 1.165) is 11.3 Å². The lowest BCUT2D eigenvalue weighted by molar-refractivity contribution is -0.120. The Morgan fingerprint density at radius 1 is 1.26 bits per heavy atom. The number of hydrogen-bond acceptors (Lipinski definition) is 5. The van der Waals surface area contributed by atoms with Crippen LogP contribution in [0.25, 0.3) is 0 Å². The SMILES string of the molecule is O=C(Cc1c(F)cccc1Cl)NCc1ccc(S(=O)(=O)N2CCOCC2)s1. The van der Waals surface area contributed by atoms with Gasteiger partial charge in [0.2, 0.25) is 5.91 Å². The number of nitrogens with zero attached hydrogens (tertiary/aromatic N) is 1. The highest BCUT2D eigenvalue weighted by Gasteiger charge is 2.27. The first kappa shape index (κ1) is 20.2. The lowest BCUT2D eigenvalue weighted by Gasteiger charge is -2.25. The number of halogens is 2. The summed E-state index contributed by atoms with van der Waals surface area (Å²) in [6.07, 6.45) is -0.185. The van der Waals surface area contributed by atoms with Gasteiger partial charge in [-0.05, 0) is 24.3 Å². The van der Waals surface area contributed by atoms with Gasteiger partial charge in [-0.15, -0.1) is 11.3 Å². The highest BCUT2D eigenvalue weighted by Crippen LogP contribution is 2.25. The first-order chi connectivity index (χ1) is 12.9. The monoisotopic (exact) mass is 432 g/mol. The molecule has 0 spiro atoms. The Morgan fingerprint density at radius 3 is 2.70 bits per heavy atom. The smallest absolute Gasteiger partial charge is 0.252 e. The second-order valence-corrected chi connectivity index (χ2v) is 9.63. The number of sulfonamides is 1. The molecule has 0 unspecified atom stereocenters. The average Bonchev–Trinajstić information content (AvgIpc) is 3.14. The minimum absolute atomic E-state index is 0.137. The summed E-state index contributed by atoms with van der Waals surface area (Å²) in [5.41, 5.74) is 0.137. The van der Waals surface area contributed by atoms with Gasteiger partial charge in [0.1, 0.15) is 10.0 Å². The molecule has 2 heterocycles. The van der Waals surface area contributed by atoms with Gasteiger partial charge in [-0.25, -0.2) is 12.8 Å². The fraction of sp³-hybridized carbons (Fsp3) is 0.353. The highest BCUT2D eigenvalue weighted by atomic mass is 35.5. The molecule has 3 rings (SSSR count). The molecule has 1 N–H and O–H groups in total. The zero-order chi connectivity index (χ0) is 19.4. The van der Waals surface area contributed by atoms with Gasteiger partial charge in [-0.1, -0.05) is 17.7 Å². The van der Waals surface area contributed by atoms with Crippen LogP contribution in [0.15, 0.2) is 34.5 Å². The quantitative estimate of drug-likeness (QED) is 0.760. The summed E-state index contributed by atoms with van der Waals surface area (Å²) in [6.45, 7) is 1.58. The van der Waals surface area contributed by atoms with Crippen molar-refractivity contribution < 1.29 is 22.3 Å². The summed E-state index contributed by atoms with van der Waals surface area (Å²) in [4.78, 5) is 12.8. The summed E-state index contributed by atoms with van der Waals surface area (Å²) in [5, 5.41) is 2.86. The molecule has 0 saturated carbocycles. The number of ether oxygens (including phenoxy) is 1. The first-order valence-electron chi connectivity index (χ1n) is 8.24. The zero-order valence-corrected chi connectivity index (χ0v) is 16.7. The Kier molecular flexibility index (Phi) is 6.48. The van der Waals surface area contributed by atoms with Gasteiger partial charge in [-0.3, -0.25) is 4.79 Å². The van der Waals surface area contributed by atoms with Gasteiger partial charge in [0, 0.05) is 28.6 Å². The standard InChI is InChI=1S/C17H18ClFN2O4S2/c18-14-2-1-3-15(19)13(14)10-16(22)20-11-12-4-5-17(26-12)27(23,24)21-6-8-25-9-7-21/h1-5H,6-11H2,(H,20,22). The molecule has 0 radical (unpaired) electrons. The van der Waals surface area contributed by atoms with E-state index in [1.165, 1.54) is 28.6 Å². The third kappa shape index (κ3) is 4.85. The minimum atomic E-state index is -3.55. The molecule has 1 aliphatic rings. The van der Waals surface area contributed by atoms with Gasteiger partial charge >= 0.3 is 0 Å². The van der Waals surface area contributed by atoms with E-state index in [-0.39, 0.29) is 27.8 Å². The number of hydrogen-bond donors (Lipinski definition) is 1. The van der Waals surface area contributed by atoms with Crippen molar-refractivity contribution >= 4 is 38.9 Å². The van der Waals surface area contributed by atoms with E-state index < -0.39 is 21.7 Å². The third-order valence-corrected chi connectivity index (χ3v) is 7.87. The maximum absolute atomic E-state index is 13.7. The molecule has 0 bridgehead atoms. The van der Waals surface area contributed by atoms with Crippen molar-refractivity contribution in [2.45, 2.75) is 17.2 Å². The van der Waals surface area contributed by atoms with Crippen molar-refractivity contribution in [2.75, 3.05) is 26.3 Å². The van der Waals surface area contributed by atoms with Crippen molar-refractivity contribution in [1.29, 1.82) is 0 Å². The molecule has 0 aliphatic carbocycles. The van der Waals surface area contributed by atoms with Crippen molar-refractivity contribution in [3.63, 3.8) is 0 Å². The summed E-state index contributed by atoms with van der Waals surface area (Å²) < 4.78 is 45.7. The van der Waals surface area contributed by atoms with Crippen LogP contribution in [0.1, 0.15) is 10.4 Å². The normalized spacial score (nSPS) is 15.6. The summed E-state index contributed by atoms with van der Waals surface area (Å²) in [6, 6.07) is 7.44. The lowest BCUT2D eigenvalue weighted by atomic mass is 10.1. The molecule has 0 atom stereocenters. The largest absolute Gasteiger partial charge is 0.379 e. The molecule has 27 heavy (non-hydrogen) atoms. The van der Waals surface area contributed by atoms with E-state index in [9.17, 15) is 17.6 Å². The Labute approximate surface area is 165 Å². The van der Waals surface area contributed by atoms with E-state index in [4.69, 9.17) is 16.3 Å². The fourth-order valence-corrected chi connectivity index (χ4v) is 5.70. The number of morpholine rings is 1. The number of amides is 1. The molecule has 1 fully saturated rings. The number of nitrogens with one attached hydrogen (secondary N) is 1. The Balaban J connectivity index is 1.60. The van der Waals surface area contributed by atoms with Crippen LogP contribution < -0.4 is 5.32 Å². The fourth-order valence-electron chi connectivity index (χ4n) is 2.62. The van der Waals surface area contributed by atoms with E-state index in [1.54, 1.807) is 6.07 Å². The second-order valence-electron chi connectivity index (χ2n) is 5.89. The van der Waals surface area contributed by atoms with Crippen molar-refractivity contribution in [2.24, 2.45) is 0 Å². The van der Waals surface area contributed by atoms with E-state index in [0.29, 0.717) is 31.2 Å². The molecule has 146 valence electrons. The topological polar surface area (TPSA) is 75.7 Å². The van der Waals surface area contributed by atoms with Crippen LogP contribution in [0.3, 0.4) is 0 Å². The first-order valence-corrected chi connectivity index (χ1v) is 10.9. The van der Waals surface area contributed by atoms with Crippen LogP contribution >= 0.6 is 22.9 Å². The van der Waals surface area contributed by atoms with Crippen molar-refractivity contribution in [1.82, 2.24) is 9.62 Å². The molecule has 2 aromatic rings. The molecule has 10 heteroatoms. The molecule has 1 amide bonds. The van der Waals surface area contributed by atoms with Gasteiger partial charge < -0.3 is 10.1 Å². The maximum Gasteiger partial charge on any atom is 0.252 e. The Hall–Kier alpha value is -1.52. The highest BCUT2D eigenvalue weighted by molar-refractivity contribution is 7.91. The predicted octanol–water partition coefficient (Wildman–Crippen LogP) is 2.42. The summed E-state index contributed by atoms with van der Waals surface area (Å²) in [5.74, 6) is -0.930. The van der Waals surface area contributed by atoms with Crippen LogP contribution in [0.4, 0.5) is 4.39 Å². The van der Waals surface area contributed by atoms with Crippen molar-refractivity contribution in [3.8, 4) is 0 Å². The Morgan fingerprint density at radius 2 is 2.00 bits per heavy atom. The molecule has 1 saturated heterocycles. The molecular weight excluding hydrogens is 415 g/mol. The average molecular weight is 433 g/mol. The van der Waals surface area contributed by atoms with E-state index in [2.05, 4.69) is 5.32 Å². The molecule has 1 aromatic heterocycles. The minimum Gasteiger partial charge on any atom is -0.379 e. The number of benzene rings is 1. The summed E-state index contributed by atoms with van der Waals surface area (Å²) in [7, 11) is -3.55. The molecule has 1 aliphatic heterocycles. The van der Waals surface area contributed by atoms with Crippen LogP contribution in [-0.2, 0) is 32.5 Å². The van der Waals surface area contributed by atoms with Crippen LogP contribution in [0.5, 0.6) is 0 Å². The number of carbonyl (C=O) groups is 1. The van der Waals surface area contributed by atoms with Crippen LogP contribution in [0, 0.1) is 5.82 Å². The van der Waals surface area contributed by atoms with Gasteiger partial charge in [0.25, 0.3) is 10.0 Å². The maximum atomic E-state index is 13.7. The zero-order valence-electron chi connectivity index (χ0n) is 14.3. The van der Waals surface area contributed by atoms with Gasteiger partial charge in [0.15, 0.2) is 0 Å². The summed E-state index contributed by atoms with van der Waals surface area (Å²) >= 11 is 7.02. The Bertz CT molecular complexity index is 907. The van der Waals surface area contributed by atoms with Crippen LogP contribution in [-0.4, -0.2) is 44.9 Å². The lowest BCUT2D eigenvalue weighted by Crippen LogP contribution is -2.40. The third-order valence-electron chi connectivity index (χ3n) is 4.06.